The molecule has 5 nitrogen and oxygen atoms in total. The Balaban J connectivity index is 0.00000264. The first kappa shape index (κ1) is 23.9. The molecule has 0 aromatic rings. The second-order valence-corrected chi connectivity index (χ2v) is 6.69. The number of nitrogens with two attached hydrogens (primary N) is 1. The Kier molecular flexibility index (Phi) is 12.3. The van der Waals surface area contributed by atoms with Crippen molar-refractivity contribution in [1.29, 1.82) is 0 Å². The number of hydrogen-bond donors (Lipinski definition) is 1. The minimum atomic E-state index is 0. The van der Waals surface area contributed by atoms with E-state index in [-0.39, 0.29) is 30.9 Å². The van der Waals surface area contributed by atoms with Crippen molar-refractivity contribution in [2.75, 3.05) is 39.4 Å². The quantitative estimate of drug-likeness (QED) is 0.685. The molecule has 2 fully saturated rings. The Bertz CT molecular complexity index is 361. The summed E-state index contributed by atoms with van der Waals surface area (Å²) < 4.78 is 5.47. The molecule has 1 amide bonds. The molecule has 1 aliphatic heterocycles. The topological polar surface area (TPSA) is 58.8 Å². The average Bonchev–Trinajstić information content (AvgIpc) is 2.92. The Morgan fingerprint density at radius 2 is 1.96 bits per heavy atom. The zero-order chi connectivity index (χ0) is 15.9. The standard InChI is InChI=1S/C17H33N3O2.2ClH/c1-3-15-13-20(9-8-19(15)10-11-22-4-2)17(21)12-14-6-5-7-16(14)18;;/h14-16H,3-13,18H2,1-2H3;2*1H/t14-,15?,16+;;/m0../s1. The number of ether oxygens (including phenoxy) is 1. The van der Waals surface area contributed by atoms with Crippen molar-refractivity contribution >= 4 is 30.7 Å². The van der Waals surface area contributed by atoms with Crippen molar-refractivity contribution in [3.8, 4) is 0 Å². The fourth-order valence-corrected chi connectivity index (χ4v) is 3.80. The second-order valence-electron chi connectivity index (χ2n) is 6.69. The summed E-state index contributed by atoms with van der Waals surface area (Å²) in [4.78, 5) is 17.1. The van der Waals surface area contributed by atoms with Crippen LogP contribution in [0.4, 0.5) is 0 Å². The lowest BCUT2D eigenvalue weighted by atomic mass is 9.98. The van der Waals surface area contributed by atoms with Gasteiger partial charge in [0.15, 0.2) is 0 Å². The maximum Gasteiger partial charge on any atom is 0.223 e. The molecule has 2 aliphatic rings. The third-order valence-corrected chi connectivity index (χ3v) is 5.31. The molecule has 3 atom stereocenters. The van der Waals surface area contributed by atoms with Gasteiger partial charge in [-0.1, -0.05) is 13.3 Å². The Morgan fingerprint density at radius 1 is 1.21 bits per heavy atom. The Hall–Kier alpha value is -0.0700. The average molecular weight is 384 g/mol. The van der Waals surface area contributed by atoms with E-state index < -0.39 is 0 Å². The van der Waals surface area contributed by atoms with Crippen LogP contribution < -0.4 is 5.73 Å². The molecule has 1 heterocycles. The van der Waals surface area contributed by atoms with Crippen LogP contribution in [-0.4, -0.2) is 67.2 Å². The summed E-state index contributed by atoms with van der Waals surface area (Å²) in [5.41, 5.74) is 6.11. The molecular weight excluding hydrogens is 349 g/mol. The first-order chi connectivity index (χ1) is 10.7. The van der Waals surface area contributed by atoms with Crippen LogP contribution in [0.15, 0.2) is 0 Å². The van der Waals surface area contributed by atoms with E-state index in [0.29, 0.717) is 24.3 Å². The smallest absolute Gasteiger partial charge is 0.223 e. The van der Waals surface area contributed by atoms with Crippen molar-refractivity contribution in [2.24, 2.45) is 11.7 Å². The number of carbonyl (C=O) groups is 1. The van der Waals surface area contributed by atoms with E-state index in [2.05, 4.69) is 16.7 Å². The largest absolute Gasteiger partial charge is 0.380 e. The lowest BCUT2D eigenvalue weighted by Crippen LogP contribution is -2.55. The van der Waals surface area contributed by atoms with Crippen LogP contribution in [0.2, 0.25) is 0 Å². The summed E-state index contributed by atoms with van der Waals surface area (Å²) in [6.45, 7) is 9.46. The molecule has 1 aliphatic carbocycles. The van der Waals surface area contributed by atoms with Crippen molar-refractivity contribution in [3.63, 3.8) is 0 Å². The van der Waals surface area contributed by atoms with E-state index in [1.807, 2.05) is 6.92 Å². The maximum absolute atomic E-state index is 12.6. The summed E-state index contributed by atoms with van der Waals surface area (Å²) in [5.74, 6) is 0.716. The van der Waals surface area contributed by atoms with Gasteiger partial charge in [-0.3, -0.25) is 9.69 Å². The lowest BCUT2D eigenvalue weighted by molar-refractivity contribution is -0.135. The molecular formula is C17H35Cl2N3O2. The number of halogens is 2. The number of amides is 1. The fraction of sp³-hybridized carbons (Fsp3) is 0.941. The van der Waals surface area contributed by atoms with E-state index >= 15 is 0 Å². The SMILES string of the molecule is CCOCCN1CCN(C(=O)C[C@@H]2CCC[C@H]2N)CC1CC.Cl.Cl. The van der Waals surface area contributed by atoms with Gasteiger partial charge in [-0.25, -0.2) is 0 Å². The highest BCUT2D eigenvalue weighted by Gasteiger charge is 2.31. The van der Waals surface area contributed by atoms with Gasteiger partial charge >= 0.3 is 0 Å². The molecule has 0 spiro atoms. The van der Waals surface area contributed by atoms with Crippen molar-refractivity contribution in [2.45, 2.75) is 58.0 Å². The number of hydrogen-bond acceptors (Lipinski definition) is 4. The van der Waals surface area contributed by atoms with Crippen LogP contribution in [0.25, 0.3) is 0 Å². The van der Waals surface area contributed by atoms with E-state index in [4.69, 9.17) is 10.5 Å². The number of rotatable bonds is 7. The molecule has 0 aromatic heterocycles. The Morgan fingerprint density at radius 3 is 2.54 bits per heavy atom. The van der Waals surface area contributed by atoms with Gasteiger partial charge in [-0.2, -0.15) is 0 Å². The summed E-state index contributed by atoms with van der Waals surface area (Å²) in [6.07, 6.45) is 5.12. The summed E-state index contributed by atoms with van der Waals surface area (Å²) in [6, 6.07) is 0.703. The molecule has 2 rings (SSSR count). The molecule has 1 saturated carbocycles. The molecule has 144 valence electrons. The van der Waals surface area contributed by atoms with Crippen molar-refractivity contribution < 1.29 is 9.53 Å². The predicted octanol–water partition coefficient (Wildman–Crippen LogP) is 2.31. The number of piperazine rings is 1. The zero-order valence-corrected chi connectivity index (χ0v) is 16.7. The Labute approximate surface area is 159 Å². The van der Waals surface area contributed by atoms with Gasteiger partial charge in [0.25, 0.3) is 0 Å². The van der Waals surface area contributed by atoms with E-state index in [1.54, 1.807) is 0 Å². The molecule has 0 bridgehead atoms. The van der Waals surface area contributed by atoms with Crippen LogP contribution in [-0.2, 0) is 9.53 Å². The summed E-state index contributed by atoms with van der Waals surface area (Å²) in [7, 11) is 0. The monoisotopic (exact) mass is 383 g/mol. The van der Waals surface area contributed by atoms with Gasteiger partial charge < -0.3 is 15.4 Å². The molecule has 2 N–H and O–H groups in total. The molecule has 1 unspecified atom stereocenters. The predicted molar refractivity (Wildman–Crippen MR) is 103 cm³/mol. The zero-order valence-electron chi connectivity index (χ0n) is 15.1. The van der Waals surface area contributed by atoms with Crippen LogP contribution in [0, 0.1) is 5.92 Å². The summed E-state index contributed by atoms with van der Waals surface area (Å²) >= 11 is 0. The molecule has 24 heavy (non-hydrogen) atoms. The second kappa shape index (κ2) is 12.3. The van der Waals surface area contributed by atoms with Crippen LogP contribution in [0.5, 0.6) is 0 Å². The minimum Gasteiger partial charge on any atom is -0.380 e. The third kappa shape index (κ3) is 6.68. The van der Waals surface area contributed by atoms with Crippen LogP contribution in [0.1, 0.15) is 46.0 Å². The number of carbonyl (C=O) groups excluding carboxylic acids is 1. The molecule has 0 aromatic carbocycles. The molecule has 1 saturated heterocycles. The molecule has 7 heteroatoms. The molecule has 0 radical (unpaired) electrons. The van der Waals surface area contributed by atoms with E-state index in [1.165, 1.54) is 6.42 Å². The van der Waals surface area contributed by atoms with Gasteiger partial charge in [-0.05, 0) is 32.1 Å². The van der Waals surface area contributed by atoms with Crippen molar-refractivity contribution in [1.82, 2.24) is 9.80 Å². The first-order valence-corrected chi connectivity index (χ1v) is 9.00. The van der Waals surface area contributed by atoms with Gasteiger partial charge in [0.05, 0.1) is 6.61 Å². The van der Waals surface area contributed by atoms with Crippen molar-refractivity contribution in [3.05, 3.63) is 0 Å². The maximum atomic E-state index is 12.6. The van der Waals surface area contributed by atoms with Gasteiger partial charge in [0.1, 0.15) is 0 Å². The fourth-order valence-electron chi connectivity index (χ4n) is 3.80. The first-order valence-electron chi connectivity index (χ1n) is 9.00. The van der Waals surface area contributed by atoms with Gasteiger partial charge in [0.2, 0.25) is 5.91 Å². The third-order valence-electron chi connectivity index (χ3n) is 5.31. The van der Waals surface area contributed by atoms with E-state index in [9.17, 15) is 4.79 Å². The minimum absolute atomic E-state index is 0. The van der Waals surface area contributed by atoms with Gasteiger partial charge in [-0.15, -0.1) is 24.8 Å². The number of nitrogens with zero attached hydrogens (tertiary/aromatic N) is 2. The van der Waals surface area contributed by atoms with E-state index in [0.717, 1.165) is 58.7 Å². The highest BCUT2D eigenvalue weighted by molar-refractivity contribution is 5.85. The highest BCUT2D eigenvalue weighted by Crippen LogP contribution is 2.27. The highest BCUT2D eigenvalue weighted by atomic mass is 35.5. The van der Waals surface area contributed by atoms with Crippen LogP contribution in [0.3, 0.4) is 0 Å². The van der Waals surface area contributed by atoms with Gasteiger partial charge in [0, 0.05) is 51.3 Å². The normalized spacial score (nSPS) is 27.5. The summed E-state index contributed by atoms with van der Waals surface area (Å²) in [5, 5.41) is 0. The van der Waals surface area contributed by atoms with Crippen LogP contribution >= 0.6 is 24.8 Å². The lowest BCUT2D eigenvalue weighted by Gasteiger charge is -2.41.